The zero-order valence-electron chi connectivity index (χ0n) is 22.1. The van der Waals surface area contributed by atoms with E-state index in [9.17, 15) is 9.59 Å². The highest BCUT2D eigenvalue weighted by Crippen LogP contribution is 2.34. The second-order valence-electron chi connectivity index (χ2n) is 10.2. The van der Waals surface area contributed by atoms with Crippen molar-refractivity contribution in [3.05, 3.63) is 71.0 Å². The number of carbonyl (C=O) groups excluding carboxylic acids is 2. The summed E-state index contributed by atoms with van der Waals surface area (Å²) in [4.78, 5) is 34.7. The summed E-state index contributed by atoms with van der Waals surface area (Å²) in [5, 5.41) is 9.14. The number of piperazine rings is 1. The molecular formula is C29H31N7O3. The van der Waals surface area contributed by atoms with E-state index >= 15 is 0 Å². The van der Waals surface area contributed by atoms with Gasteiger partial charge in [-0.2, -0.15) is 0 Å². The summed E-state index contributed by atoms with van der Waals surface area (Å²) in [6, 6.07) is 14.0. The summed E-state index contributed by atoms with van der Waals surface area (Å²) in [7, 11) is 1.63. The summed E-state index contributed by atoms with van der Waals surface area (Å²) in [6.07, 6.45) is 3.90. The number of pyridine rings is 1. The van der Waals surface area contributed by atoms with Gasteiger partial charge in [0.2, 0.25) is 0 Å². The zero-order valence-corrected chi connectivity index (χ0v) is 22.1. The number of hydrogen-bond donors (Lipinski definition) is 1. The highest BCUT2D eigenvalue weighted by molar-refractivity contribution is 5.99. The molecule has 6 rings (SSSR count). The summed E-state index contributed by atoms with van der Waals surface area (Å²) in [6.45, 7) is 4.23. The van der Waals surface area contributed by atoms with Crippen molar-refractivity contribution in [1.82, 2.24) is 29.8 Å². The third-order valence-corrected chi connectivity index (χ3v) is 7.56. The first-order chi connectivity index (χ1) is 18.9. The minimum atomic E-state index is -0.136. The highest BCUT2D eigenvalue weighted by Gasteiger charge is 2.29. The number of benzene rings is 2. The molecule has 1 aliphatic heterocycles. The van der Waals surface area contributed by atoms with Gasteiger partial charge in [0, 0.05) is 54.8 Å². The van der Waals surface area contributed by atoms with E-state index in [1.807, 2.05) is 49.4 Å². The van der Waals surface area contributed by atoms with Gasteiger partial charge in [-0.25, -0.2) is 9.67 Å². The lowest BCUT2D eigenvalue weighted by Crippen LogP contribution is -2.50. The largest absolute Gasteiger partial charge is 0.496 e. The topological polar surface area (TPSA) is 119 Å². The van der Waals surface area contributed by atoms with Crippen LogP contribution in [-0.4, -0.2) is 74.9 Å². The molecule has 2 aromatic carbocycles. The van der Waals surface area contributed by atoms with Crippen molar-refractivity contribution in [2.24, 2.45) is 5.73 Å². The van der Waals surface area contributed by atoms with Gasteiger partial charge in [-0.15, -0.1) is 5.10 Å². The van der Waals surface area contributed by atoms with Crippen LogP contribution >= 0.6 is 0 Å². The Kier molecular flexibility index (Phi) is 6.48. The van der Waals surface area contributed by atoms with Crippen LogP contribution in [0.25, 0.3) is 22.2 Å². The van der Waals surface area contributed by atoms with E-state index in [-0.39, 0.29) is 11.8 Å². The van der Waals surface area contributed by atoms with Crippen LogP contribution in [0.2, 0.25) is 0 Å². The van der Waals surface area contributed by atoms with E-state index in [1.54, 1.807) is 27.8 Å². The molecule has 1 saturated heterocycles. The molecule has 0 bridgehead atoms. The third-order valence-electron chi connectivity index (χ3n) is 7.56. The van der Waals surface area contributed by atoms with Crippen molar-refractivity contribution in [1.29, 1.82) is 0 Å². The van der Waals surface area contributed by atoms with Crippen molar-refractivity contribution < 1.29 is 14.3 Å². The average molecular weight is 526 g/mol. The Morgan fingerprint density at radius 3 is 2.44 bits per heavy atom. The normalized spacial score (nSPS) is 15.6. The fraction of sp³-hybridized carbons (Fsp3) is 0.345. The lowest BCUT2D eigenvalue weighted by Gasteiger charge is -2.34. The van der Waals surface area contributed by atoms with Gasteiger partial charge in [0.15, 0.2) is 5.69 Å². The predicted octanol–water partition coefficient (Wildman–Crippen LogP) is 3.20. The smallest absolute Gasteiger partial charge is 0.276 e. The number of fused-ring (bicyclic) bond motifs is 1. The molecule has 2 aliphatic rings. The molecule has 2 amide bonds. The van der Waals surface area contributed by atoms with Crippen molar-refractivity contribution in [3.8, 4) is 17.0 Å². The molecule has 2 N–H and O–H groups in total. The van der Waals surface area contributed by atoms with Gasteiger partial charge in [0.25, 0.3) is 11.8 Å². The number of rotatable bonds is 6. The van der Waals surface area contributed by atoms with Gasteiger partial charge in [-0.1, -0.05) is 11.3 Å². The fourth-order valence-corrected chi connectivity index (χ4v) is 5.13. The Labute approximate surface area is 226 Å². The number of nitrogens with two attached hydrogens (primary N) is 1. The zero-order chi connectivity index (χ0) is 27.1. The number of nitrogens with zero attached hydrogens (tertiary/aromatic N) is 6. The van der Waals surface area contributed by atoms with Crippen LogP contribution in [0.1, 0.15) is 50.9 Å². The first-order valence-electron chi connectivity index (χ1n) is 13.2. The predicted molar refractivity (Wildman–Crippen MR) is 146 cm³/mol. The van der Waals surface area contributed by atoms with Gasteiger partial charge in [0.05, 0.1) is 30.6 Å². The van der Waals surface area contributed by atoms with Gasteiger partial charge < -0.3 is 20.3 Å². The number of methoxy groups -OCH3 is 1. The molecule has 1 aliphatic carbocycles. The Balaban J connectivity index is 1.18. The van der Waals surface area contributed by atoms with Crippen molar-refractivity contribution in [2.45, 2.75) is 32.4 Å². The number of ether oxygens (including phenoxy) is 1. The third kappa shape index (κ3) is 4.83. The lowest BCUT2D eigenvalue weighted by atomic mass is 10.0. The number of aromatic nitrogens is 4. The molecule has 0 atom stereocenters. The Bertz CT molecular complexity index is 1570. The molecule has 3 heterocycles. The van der Waals surface area contributed by atoms with Crippen LogP contribution in [0.3, 0.4) is 0 Å². The maximum Gasteiger partial charge on any atom is 0.276 e. The molecule has 10 nitrogen and oxygen atoms in total. The highest BCUT2D eigenvalue weighted by atomic mass is 16.5. The SMILES string of the molecule is COc1ccc(-c2cc(C)c3ccc(C(=O)N4CCN(C(=O)c5cn(C6CC6)nn5)CC4)cc3n2)cc1CN. The Hall–Kier alpha value is -4.31. The van der Waals surface area contributed by atoms with E-state index < -0.39 is 0 Å². The molecule has 200 valence electrons. The summed E-state index contributed by atoms with van der Waals surface area (Å²) in [5.74, 6) is 0.546. The maximum atomic E-state index is 13.4. The van der Waals surface area contributed by atoms with Crippen molar-refractivity contribution in [2.75, 3.05) is 33.3 Å². The van der Waals surface area contributed by atoms with Crippen LogP contribution in [0, 0.1) is 6.92 Å². The van der Waals surface area contributed by atoms with E-state index in [2.05, 4.69) is 10.3 Å². The Morgan fingerprint density at radius 2 is 1.74 bits per heavy atom. The molecule has 0 spiro atoms. The maximum absolute atomic E-state index is 13.4. The molecule has 4 aromatic rings. The molecule has 39 heavy (non-hydrogen) atoms. The minimum Gasteiger partial charge on any atom is -0.496 e. The number of carbonyl (C=O) groups is 2. The molecular weight excluding hydrogens is 494 g/mol. The molecule has 0 radical (unpaired) electrons. The van der Waals surface area contributed by atoms with Crippen LogP contribution in [-0.2, 0) is 6.54 Å². The minimum absolute atomic E-state index is 0.0663. The number of amides is 2. The molecule has 0 unspecified atom stereocenters. The van der Waals surface area contributed by atoms with Gasteiger partial charge >= 0.3 is 0 Å². The van der Waals surface area contributed by atoms with Crippen molar-refractivity contribution >= 4 is 22.7 Å². The summed E-state index contributed by atoms with van der Waals surface area (Å²) < 4.78 is 7.18. The monoisotopic (exact) mass is 525 g/mol. The Morgan fingerprint density at radius 1 is 1.00 bits per heavy atom. The van der Waals surface area contributed by atoms with E-state index in [4.69, 9.17) is 15.5 Å². The van der Waals surface area contributed by atoms with Gasteiger partial charge in [0.1, 0.15) is 5.75 Å². The van der Waals surface area contributed by atoms with Crippen LogP contribution in [0.15, 0.2) is 48.7 Å². The molecule has 10 heteroatoms. The second kappa shape index (κ2) is 10.1. The standard InChI is InChI=1S/C29H31N7O3/c1-18-13-24(19-4-8-27(39-2)21(14-19)16-30)31-25-15-20(3-7-23(18)25)28(37)34-9-11-35(12-10-34)29(38)26-17-36(33-32-26)22-5-6-22/h3-4,7-8,13-15,17,22H,5-6,9-12,16,30H2,1-2H3. The molecule has 2 fully saturated rings. The number of hydrogen-bond acceptors (Lipinski definition) is 7. The second-order valence-corrected chi connectivity index (χ2v) is 10.2. The van der Waals surface area contributed by atoms with Crippen LogP contribution in [0.4, 0.5) is 0 Å². The van der Waals surface area contributed by atoms with Crippen LogP contribution < -0.4 is 10.5 Å². The fourth-order valence-electron chi connectivity index (χ4n) is 5.13. The van der Waals surface area contributed by atoms with Crippen LogP contribution in [0.5, 0.6) is 5.75 Å². The quantitative estimate of drug-likeness (QED) is 0.411. The lowest BCUT2D eigenvalue weighted by molar-refractivity contribution is 0.0532. The average Bonchev–Trinajstić information content (AvgIpc) is 3.71. The summed E-state index contributed by atoms with van der Waals surface area (Å²) in [5.41, 5.74) is 11.4. The van der Waals surface area contributed by atoms with Gasteiger partial charge in [-0.05, 0) is 61.7 Å². The molecule has 2 aromatic heterocycles. The first kappa shape index (κ1) is 25.0. The number of aryl methyl sites for hydroxylation is 1. The van der Waals surface area contributed by atoms with E-state index in [1.165, 1.54) is 0 Å². The summed E-state index contributed by atoms with van der Waals surface area (Å²) >= 11 is 0. The van der Waals surface area contributed by atoms with E-state index in [0.29, 0.717) is 50.0 Å². The molecule has 1 saturated carbocycles. The first-order valence-corrected chi connectivity index (χ1v) is 13.2. The van der Waals surface area contributed by atoms with Gasteiger partial charge in [-0.3, -0.25) is 9.59 Å². The van der Waals surface area contributed by atoms with Crippen molar-refractivity contribution in [3.63, 3.8) is 0 Å². The van der Waals surface area contributed by atoms with E-state index in [0.717, 1.165) is 51.9 Å².